The fourth-order valence-electron chi connectivity index (χ4n) is 4.54. The van der Waals surface area contributed by atoms with E-state index in [1.807, 2.05) is 24.3 Å². The van der Waals surface area contributed by atoms with Gasteiger partial charge in [-0.15, -0.1) is 0 Å². The minimum absolute atomic E-state index is 0.129. The molecule has 0 spiro atoms. The summed E-state index contributed by atoms with van der Waals surface area (Å²) in [5.41, 5.74) is 1.89. The molecule has 0 radical (unpaired) electrons. The second kappa shape index (κ2) is 9.07. The number of sulfonamides is 1. The van der Waals surface area contributed by atoms with E-state index in [0.29, 0.717) is 5.92 Å². The van der Waals surface area contributed by atoms with Gasteiger partial charge in [-0.25, -0.2) is 8.42 Å². The summed E-state index contributed by atoms with van der Waals surface area (Å²) in [4.78, 5) is 14.6. The third-order valence-corrected chi connectivity index (χ3v) is 7.97. The van der Waals surface area contributed by atoms with Crippen LogP contribution in [0.3, 0.4) is 0 Å². The zero-order valence-electron chi connectivity index (χ0n) is 18.3. The first-order valence-electron chi connectivity index (χ1n) is 10.9. The molecule has 3 atom stereocenters. The second-order valence-electron chi connectivity index (χ2n) is 8.78. The van der Waals surface area contributed by atoms with Crippen LogP contribution in [-0.2, 0) is 14.8 Å². The van der Waals surface area contributed by atoms with Crippen molar-refractivity contribution in [1.82, 2.24) is 9.21 Å². The molecule has 2 aliphatic heterocycles. The second-order valence-corrected chi connectivity index (χ2v) is 10.7. The van der Waals surface area contributed by atoms with E-state index in [4.69, 9.17) is 0 Å². The van der Waals surface area contributed by atoms with Crippen LogP contribution in [0.4, 0.5) is 0 Å². The van der Waals surface area contributed by atoms with Gasteiger partial charge in [-0.2, -0.15) is 4.31 Å². The van der Waals surface area contributed by atoms with E-state index >= 15 is 0 Å². The quantitative estimate of drug-likeness (QED) is 0.707. The number of hydrogen-bond acceptors (Lipinski definition) is 4. The van der Waals surface area contributed by atoms with Crippen molar-refractivity contribution in [2.45, 2.75) is 43.2 Å². The summed E-state index contributed by atoms with van der Waals surface area (Å²) in [5.74, 6) is 6.45. The van der Waals surface area contributed by atoms with Crippen LogP contribution in [0.1, 0.15) is 37.3 Å². The highest BCUT2D eigenvalue weighted by Gasteiger charge is 2.55. The number of amides is 1. The number of carbonyl (C=O) groups excluding carboxylic acids is 1. The predicted octanol–water partition coefficient (Wildman–Crippen LogP) is 2.44. The maximum Gasteiger partial charge on any atom is 0.243 e. The molecule has 6 nitrogen and oxygen atoms in total. The minimum Gasteiger partial charge on any atom is -0.394 e. The Hall–Kier alpha value is -2.66. The molecule has 0 unspecified atom stereocenters. The van der Waals surface area contributed by atoms with Crippen LogP contribution in [0.15, 0.2) is 59.5 Å². The number of aliphatic hydroxyl groups excluding tert-OH is 1. The summed E-state index contributed by atoms with van der Waals surface area (Å²) in [6.45, 7) is 4.10. The Morgan fingerprint density at radius 3 is 2.41 bits per heavy atom. The van der Waals surface area contributed by atoms with Gasteiger partial charge in [0.2, 0.25) is 15.9 Å². The van der Waals surface area contributed by atoms with E-state index in [1.54, 1.807) is 35.2 Å². The molecule has 32 heavy (non-hydrogen) atoms. The highest BCUT2D eigenvalue weighted by molar-refractivity contribution is 7.89. The highest BCUT2D eigenvalue weighted by atomic mass is 32.2. The SMILES string of the molecule is CC(C)CC#Cc1ccc([C@@H]2[C@H]3CN(S(=O)(=O)c4ccccc4)CC(=O)N3[C@H]2CO)cc1. The number of rotatable bonds is 5. The summed E-state index contributed by atoms with van der Waals surface area (Å²) >= 11 is 0. The molecule has 4 rings (SSSR count). The number of hydrogen-bond donors (Lipinski definition) is 1. The van der Waals surface area contributed by atoms with Crippen molar-refractivity contribution in [3.8, 4) is 11.8 Å². The lowest BCUT2D eigenvalue weighted by Crippen LogP contribution is -2.73. The normalized spacial score (nSPS) is 23.3. The zero-order chi connectivity index (χ0) is 22.9. The first kappa shape index (κ1) is 22.5. The van der Waals surface area contributed by atoms with Gasteiger partial charge in [-0.1, -0.05) is 56.0 Å². The van der Waals surface area contributed by atoms with Gasteiger partial charge in [0.25, 0.3) is 0 Å². The van der Waals surface area contributed by atoms with Crippen molar-refractivity contribution in [3.63, 3.8) is 0 Å². The van der Waals surface area contributed by atoms with E-state index < -0.39 is 10.0 Å². The smallest absolute Gasteiger partial charge is 0.243 e. The van der Waals surface area contributed by atoms with Crippen LogP contribution in [0, 0.1) is 17.8 Å². The van der Waals surface area contributed by atoms with E-state index in [-0.39, 0.29) is 48.5 Å². The van der Waals surface area contributed by atoms with Crippen LogP contribution in [0.5, 0.6) is 0 Å². The molecule has 2 aliphatic rings. The lowest BCUT2D eigenvalue weighted by atomic mass is 9.74. The Kier molecular flexibility index (Phi) is 6.38. The molecule has 2 saturated heterocycles. The van der Waals surface area contributed by atoms with Crippen molar-refractivity contribution in [1.29, 1.82) is 0 Å². The molecule has 7 heteroatoms. The Labute approximate surface area is 189 Å². The third-order valence-electron chi connectivity index (χ3n) is 6.14. The Morgan fingerprint density at radius 2 is 1.78 bits per heavy atom. The molecule has 2 aromatic rings. The summed E-state index contributed by atoms with van der Waals surface area (Å²) in [6, 6.07) is 15.4. The molecule has 0 bridgehead atoms. The molecule has 0 aliphatic carbocycles. The van der Waals surface area contributed by atoms with Gasteiger partial charge >= 0.3 is 0 Å². The monoisotopic (exact) mass is 452 g/mol. The fraction of sp³-hybridized carbons (Fsp3) is 0.400. The van der Waals surface area contributed by atoms with Crippen LogP contribution in [0.2, 0.25) is 0 Å². The first-order chi connectivity index (χ1) is 15.3. The summed E-state index contributed by atoms with van der Waals surface area (Å²) in [5, 5.41) is 9.95. The summed E-state index contributed by atoms with van der Waals surface area (Å²) in [6.07, 6.45) is 0.835. The first-order valence-corrected chi connectivity index (χ1v) is 12.3. The van der Waals surface area contributed by atoms with Crippen LogP contribution >= 0.6 is 0 Å². The summed E-state index contributed by atoms with van der Waals surface area (Å²) in [7, 11) is -3.77. The van der Waals surface area contributed by atoms with Gasteiger partial charge in [0.05, 0.1) is 30.1 Å². The molecular weight excluding hydrogens is 424 g/mol. The standard InChI is InChI=1S/C25H28N2O4S/c1-18(2)7-6-8-19-11-13-20(14-12-19)25-22-15-26(16-24(29)27(22)23(25)17-28)32(30,31)21-9-4-3-5-10-21/h3-5,9-14,18,22-23,25,28H,7,15-17H2,1-2H3/t22-,23+,25-/m1/s1. The van der Waals surface area contributed by atoms with E-state index in [1.165, 1.54) is 4.31 Å². The van der Waals surface area contributed by atoms with Crippen LogP contribution < -0.4 is 0 Å². The molecule has 168 valence electrons. The molecule has 2 aromatic carbocycles. The largest absolute Gasteiger partial charge is 0.394 e. The summed E-state index contributed by atoms with van der Waals surface area (Å²) < 4.78 is 27.4. The van der Waals surface area contributed by atoms with Gasteiger partial charge in [-0.3, -0.25) is 4.79 Å². The molecule has 2 fully saturated rings. The number of nitrogens with zero attached hydrogens (tertiary/aromatic N) is 2. The maximum atomic E-state index is 13.1. The average Bonchev–Trinajstić information content (AvgIpc) is 2.76. The van der Waals surface area contributed by atoms with Crippen LogP contribution in [0.25, 0.3) is 0 Å². The van der Waals surface area contributed by atoms with Crippen molar-refractivity contribution < 1.29 is 18.3 Å². The van der Waals surface area contributed by atoms with Gasteiger partial charge in [0.1, 0.15) is 0 Å². The molecule has 2 heterocycles. The molecule has 0 saturated carbocycles. The van der Waals surface area contributed by atoms with E-state index in [9.17, 15) is 18.3 Å². The van der Waals surface area contributed by atoms with E-state index in [2.05, 4.69) is 25.7 Å². The number of piperazine rings is 1. The average molecular weight is 453 g/mol. The topological polar surface area (TPSA) is 77.9 Å². The van der Waals surface area contributed by atoms with Gasteiger partial charge in [0, 0.05) is 24.4 Å². The fourth-order valence-corrected chi connectivity index (χ4v) is 5.97. The lowest BCUT2D eigenvalue weighted by molar-refractivity contribution is -0.158. The molecular formula is C25H28N2O4S. The number of benzene rings is 2. The molecule has 1 N–H and O–H groups in total. The van der Waals surface area contributed by atoms with Crippen molar-refractivity contribution >= 4 is 15.9 Å². The maximum absolute atomic E-state index is 13.1. The Balaban J connectivity index is 1.56. The van der Waals surface area contributed by atoms with Crippen molar-refractivity contribution in [2.24, 2.45) is 5.92 Å². The Morgan fingerprint density at radius 1 is 1.09 bits per heavy atom. The van der Waals surface area contributed by atoms with Gasteiger partial charge in [0.15, 0.2) is 0 Å². The van der Waals surface area contributed by atoms with Crippen LogP contribution in [-0.4, -0.2) is 60.4 Å². The number of aliphatic hydroxyl groups is 1. The Bertz CT molecular complexity index is 1130. The van der Waals surface area contributed by atoms with Crippen molar-refractivity contribution in [2.75, 3.05) is 19.7 Å². The lowest BCUT2D eigenvalue weighted by Gasteiger charge is -2.58. The van der Waals surface area contributed by atoms with E-state index in [0.717, 1.165) is 17.5 Å². The third kappa shape index (κ3) is 4.18. The number of carbonyl (C=O) groups is 1. The minimum atomic E-state index is -3.77. The van der Waals surface area contributed by atoms with Crippen molar-refractivity contribution in [3.05, 3.63) is 65.7 Å². The van der Waals surface area contributed by atoms with Gasteiger partial charge in [-0.05, 0) is 35.7 Å². The number of fused-ring (bicyclic) bond motifs is 1. The zero-order valence-corrected chi connectivity index (χ0v) is 19.1. The highest BCUT2D eigenvalue weighted by Crippen LogP contribution is 2.43. The molecule has 1 amide bonds. The predicted molar refractivity (Wildman–Crippen MR) is 122 cm³/mol. The molecule has 0 aromatic heterocycles. The van der Waals surface area contributed by atoms with Gasteiger partial charge < -0.3 is 10.0 Å².